The third-order valence-electron chi connectivity index (χ3n) is 13.6. The number of hydrogen-bond acceptors (Lipinski definition) is 6. The molecular weight excluding hydrogens is 464 g/mol. The van der Waals surface area contributed by atoms with Gasteiger partial charge in [-0.15, -0.1) is 0 Å². The van der Waals surface area contributed by atoms with Gasteiger partial charge < -0.3 is 9.47 Å². The van der Waals surface area contributed by atoms with Gasteiger partial charge in [0.25, 0.3) is 0 Å². The minimum atomic E-state index is -0.688. The molecule has 7 fully saturated rings. The second kappa shape index (κ2) is 5.79. The molecule has 8 aliphatic carbocycles. The van der Waals surface area contributed by atoms with Crippen molar-refractivity contribution in [3.63, 3.8) is 0 Å². The van der Waals surface area contributed by atoms with Crippen LogP contribution < -0.4 is 0 Å². The van der Waals surface area contributed by atoms with Crippen molar-refractivity contribution < 1.29 is 19.1 Å². The molecule has 12 atom stereocenters. The summed E-state index contributed by atoms with van der Waals surface area (Å²) in [6.45, 7) is 0. The maximum absolute atomic E-state index is 14.0. The summed E-state index contributed by atoms with van der Waals surface area (Å²) < 4.78 is 11.3. The molecule has 0 aromatic carbocycles. The highest BCUT2D eigenvalue weighted by Crippen LogP contribution is 2.98. The molecule has 188 valence electrons. The van der Waals surface area contributed by atoms with Crippen LogP contribution >= 0.6 is 0 Å². The van der Waals surface area contributed by atoms with E-state index in [1.807, 2.05) is 12.4 Å². The molecule has 0 unspecified atom stereocenters. The number of rotatable bonds is 2. The van der Waals surface area contributed by atoms with Crippen molar-refractivity contribution >= 4 is 11.9 Å². The van der Waals surface area contributed by atoms with E-state index in [2.05, 4.69) is 24.3 Å². The molecule has 6 heteroatoms. The molecule has 4 bridgehead atoms. The van der Waals surface area contributed by atoms with Crippen molar-refractivity contribution in [1.29, 1.82) is 0 Å². The second-order valence-corrected chi connectivity index (χ2v) is 13.4. The number of aromatic nitrogens is 2. The van der Waals surface area contributed by atoms with Gasteiger partial charge in [-0.25, -0.2) is 0 Å². The van der Waals surface area contributed by atoms with E-state index < -0.39 is 10.8 Å². The molecule has 2 heterocycles. The van der Waals surface area contributed by atoms with Gasteiger partial charge >= 0.3 is 11.9 Å². The molecule has 10 rings (SSSR count). The largest absolute Gasteiger partial charge is 0.469 e. The van der Waals surface area contributed by atoms with Gasteiger partial charge in [0.2, 0.25) is 0 Å². The third-order valence-corrected chi connectivity index (χ3v) is 13.6. The number of methoxy groups -OCH3 is 2. The third kappa shape index (κ3) is 1.58. The summed E-state index contributed by atoms with van der Waals surface area (Å²) in [5.41, 5.74) is 3.26. The average molecular weight is 495 g/mol. The minimum Gasteiger partial charge on any atom is -0.469 e. The molecular formula is C31H30N2O4. The van der Waals surface area contributed by atoms with Gasteiger partial charge in [0.15, 0.2) is 0 Å². The minimum absolute atomic E-state index is 0.0692. The number of carbonyl (C=O) groups is 2. The summed E-state index contributed by atoms with van der Waals surface area (Å²) in [5.74, 6) is 3.73. The highest BCUT2D eigenvalue weighted by molar-refractivity contribution is 5.96. The first-order valence-electron chi connectivity index (χ1n) is 14.2. The van der Waals surface area contributed by atoms with E-state index in [4.69, 9.17) is 19.4 Å². The number of nitrogens with zero attached hydrogens (tertiary/aromatic N) is 2. The molecule has 8 aliphatic rings. The Bertz CT molecular complexity index is 1360. The first-order chi connectivity index (χ1) is 18.1. The zero-order valence-corrected chi connectivity index (χ0v) is 21.1. The van der Waals surface area contributed by atoms with Gasteiger partial charge in [-0.1, -0.05) is 12.1 Å². The van der Waals surface area contributed by atoms with Crippen LogP contribution in [0.15, 0.2) is 36.7 Å². The van der Waals surface area contributed by atoms with Crippen molar-refractivity contribution in [3.05, 3.63) is 47.8 Å². The molecule has 0 saturated heterocycles. The zero-order chi connectivity index (χ0) is 24.6. The SMILES string of the molecule is COC(=O)[C@]12[C@@H]3[C@@H]4C[C@@H]([C@@H]5[C@H]4C54c5cccnc5-c5ncccc54)[C@@H]3[C@@]1(C(=O)OC)[C@@H]1[C@H]3CC[C@H](C3)[C@@H]12. The second-order valence-electron chi connectivity index (χ2n) is 13.4. The van der Waals surface area contributed by atoms with Crippen LogP contribution in [0.5, 0.6) is 0 Å². The summed E-state index contributed by atoms with van der Waals surface area (Å²) in [4.78, 5) is 37.6. The van der Waals surface area contributed by atoms with Crippen molar-refractivity contribution in [2.24, 2.45) is 70.0 Å². The van der Waals surface area contributed by atoms with Gasteiger partial charge in [0.1, 0.15) is 0 Å². The van der Waals surface area contributed by atoms with Gasteiger partial charge in [-0.05, 0) is 108 Å². The normalized spacial score (nSPS) is 50.1. The van der Waals surface area contributed by atoms with E-state index >= 15 is 0 Å². The molecule has 2 aromatic rings. The Balaban J connectivity index is 1.19. The van der Waals surface area contributed by atoms with E-state index in [1.54, 1.807) is 0 Å². The summed E-state index contributed by atoms with van der Waals surface area (Å²) in [6, 6.07) is 8.65. The Morgan fingerprint density at radius 3 is 1.68 bits per heavy atom. The summed E-state index contributed by atoms with van der Waals surface area (Å²) in [7, 11) is 3.06. The zero-order valence-electron chi connectivity index (χ0n) is 21.1. The molecule has 37 heavy (non-hydrogen) atoms. The maximum atomic E-state index is 14.0. The van der Waals surface area contributed by atoms with E-state index in [1.165, 1.54) is 44.6 Å². The van der Waals surface area contributed by atoms with E-state index in [9.17, 15) is 9.59 Å². The monoisotopic (exact) mass is 494 g/mol. The molecule has 0 amide bonds. The molecule has 0 aliphatic heterocycles. The smallest absolute Gasteiger partial charge is 0.313 e. The number of carbonyl (C=O) groups excluding carboxylic acids is 2. The average Bonchev–Trinajstić information content (AvgIpc) is 3.43. The standard InChI is InChI=1S/C31H30N2O4/c1-36-27(34)30-19-13-7-8-14(11-13)20(19)31(30,28(35)37-2)24-16-12-15(23(24)30)21-22(16)29(21)17-5-3-9-32-25(17)26-18(29)6-4-10-33-26/h3-6,9-10,13-16,19-24H,7-8,11-12H2,1-2H3/t13-,14+,15-,16+,19+,20-,21+,22-,23-,24+,30+,31-. The predicted molar refractivity (Wildman–Crippen MR) is 131 cm³/mol. The summed E-state index contributed by atoms with van der Waals surface area (Å²) >= 11 is 0. The number of hydrogen-bond donors (Lipinski definition) is 0. The first kappa shape index (κ1) is 20.2. The van der Waals surface area contributed by atoms with Gasteiger partial charge in [-0.3, -0.25) is 19.6 Å². The maximum Gasteiger partial charge on any atom is 0.313 e. The Kier molecular flexibility index (Phi) is 3.17. The number of ether oxygens (including phenoxy) is 2. The fourth-order valence-electron chi connectivity index (χ4n) is 13.7. The van der Waals surface area contributed by atoms with Crippen molar-refractivity contribution in [2.75, 3.05) is 14.2 Å². The van der Waals surface area contributed by atoms with Gasteiger partial charge in [-0.2, -0.15) is 0 Å². The fourth-order valence-corrected chi connectivity index (χ4v) is 13.7. The predicted octanol–water partition coefficient (Wildman–Crippen LogP) is 3.88. The molecule has 0 N–H and O–H groups in total. The number of fused-ring (bicyclic) bond motifs is 25. The van der Waals surface area contributed by atoms with Crippen LogP contribution in [-0.4, -0.2) is 36.1 Å². The molecule has 7 saturated carbocycles. The van der Waals surface area contributed by atoms with E-state index in [0.29, 0.717) is 35.5 Å². The van der Waals surface area contributed by atoms with Gasteiger partial charge in [0, 0.05) is 17.8 Å². The van der Waals surface area contributed by atoms with Crippen molar-refractivity contribution in [1.82, 2.24) is 9.97 Å². The topological polar surface area (TPSA) is 78.4 Å². The lowest BCUT2D eigenvalue weighted by molar-refractivity contribution is -0.363. The van der Waals surface area contributed by atoms with Crippen molar-refractivity contribution in [2.45, 2.75) is 31.1 Å². The van der Waals surface area contributed by atoms with Crippen LogP contribution in [0.3, 0.4) is 0 Å². The Hall–Kier alpha value is -2.76. The highest BCUT2D eigenvalue weighted by atomic mass is 16.5. The van der Waals surface area contributed by atoms with Crippen LogP contribution in [0.4, 0.5) is 0 Å². The lowest BCUT2D eigenvalue weighted by atomic mass is 9.19. The Morgan fingerprint density at radius 2 is 1.22 bits per heavy atom. The lowest BCUT2D eigenvalue weighted by Gasteiger charge is -2.81. The van der Waals surface area contributed by atoms with E-state index in [0.717, 1.165) is 17.8 Å². The first-order valence-corrected chi connectivity index (χ1v) is 14.2. The lowest BCUT2D eigenvalue weighted by Crippen LogP contribution is -2.87. The summed E-state index contributed by atoms with van der Waals surface area (Å²) in [6.07, 6.45) is 8.45. The van der Waals surface area contributed by atoms with Crippen LogP contribution in [0.25, 0.3) is 11.4 Å². The van der Waals surface area contributed by atoms with Crippen LogP contribution in [0.2, 0.25) is 0 Å². The highest BCUT2D eigenvalue weighted by Gasteiger charge is 3.01. The summed E-state index contributed by atoms with van der Waals surface area (Å²) in [5, 5.41) is 0. The van der Waals surface area contributed by atoms with Crippen molar-refractivity contribution in [3.8, 4) is 11.4 Å². The van der Waals surface area contributed by atoms with E-state index in [-0.39, 0.29) is 41.0 Å². The number of esters is 2. The molecule has 0 radical (unpaired) electrons. The van der Waals surface area contributed by atoms with Crippen LogP contribution in [0, 0.1) is 70.0 Å². The quantitative estimate of drug-likeness (QED) is 0.466. The Morgan fingerprint density at radius 1 is 0.730 bits per heavy atom. The van der Waals surface area contributed by atoms with Crippen LogP contribution in [-0.2, 0) is 24.5 Å². The van der Waals surface area contributed by atoms with Gasteiger partial charge in [0.05, 0.1) is 36.4 Å². The number of pyridine rings is 2. The van der Waals surface area contributed by atoms with Crippen LogP contribution in [0.1, 0.15) is 36.8 Å². The molecule has 2 aromatic heterocycles. The molecule has 1 spiro atoms. The fraction of sp³-hybridized carbons (Fsp3) is 0.613. The Labute approximate surface area is 215 Å². The molecule has 6 nitrogen and oxygen atoms in total.